The zero-order valence-corrected chi connectivity index (χ0v) is 16.7. The van der Waals surface area contributed by atoms with Gasteiger partial charge in [0.1, 0.15) is 10.7 Å². The second-order valence-electron chi connectivity index (χ2n) is 6.43. The maximum absolute atomic E-state index is 13.7. The molecule has 2 amide bonds. The lowest BCUT2D eigenvalue weighted by molar-refractivity contribution is -0.126. The maximum atomic E-state index is 13.7. The van der Waals surface area contributed by atoms with Crippen LogP contribution in [-0.2, 0) is 14.3 Å². The average Bonchev–Trinajstić information content (AvgIpc) is 3.13. The summed E-state index contributed by atoms with van der Waals surface area (Å²) in [6.45, 7) is 2.96. The average molecular weight is 414 g/mol. The van der Waals surface area contributed by atoms with Gasteiger partial charge in [0.05, 0.1) is 6.54 Å². The lowest BCUT2D eigenvalue weighted by Gasteiger charge is -2.12. The van der Waals surface area contributed by atoms with Crippen LogP contribution in [0.2, 0.25) is 0 Å². The molecule has 0 aliphatic carbocycles. The molecule has 2 aromatic carbocycles. The molecule has 8 heteroatoms. The number of hydrogen-bond donors (Lipinski definition) is 2. The summed E-state index contributed by atoms with van der Waals surface area (Å²) >= 11 is 1.08. The molecule has 1 heterocycles. The molecule has 0 bridgehead atoms. The Morgan fingerprint density at radius 2 is 1.72 bits per heavy atom. The molecule has 0 aliphatic rings. The standard InChI is InChI=1S/C21H19FN2O4S/c1-12-5-3-6-13(2)20(12)24-18(25)10-23-19(26)11-28-21(27)17-9-14-15(22)7-4-8-16(14)29-17/h3-9H,10-11H2,1-2H3,(H,23,26)(H,24,25). The van der Waals surface area contributed by atoms with Gasteiger partial charge in [-0.05, 0) is 43.2 Å². The third-order valence-electron chi connectivity index (χ3n) is 4.24. The number of thiophene rings is 1. The predicted octanol–water partition coefficient (Wildman–Crippen LogP) is 3.57. The Hall–Kier alpha value is -3.26. The molecule has 6 nitrogen and oxygen atoms in total. The number of esters is 1. The van der Waals surface area contributed by atoms with E-state index < -0.39 is 24.3 Å². The fourth-order valence-corrected chi connectivity index (χ4v) is 3.72. The van der Waals surface area contributed by atoms with Crippen LogP contribution in [-0.4, -0.2) is 30.9 Å². The normalized spacial score (nSPS) is 10.6. The molecule has 3 aromatic rings. The van der Waals surface area contributed by atoms with Gasteiger partial charge in [0.2, 0.25) is 5.91 Å². The highest BCUT2D eigenvalue weighted by atomic mass is 32.1. The first-order valence-electron chi connectivity index (χ1n) is 8.83. The van der Waals surface area contributed by atoms with Gasteiger partial charge in [-0.25, -0.2) is 9.18 Å². The number of ether oxygens (including phenoxy) is 1. The Kier molecular flexibility index (Phi) is 6.23. The van der Waals surface area contributed by atoms with Crippen LogP contribution < -0.4 is 10.6 Å². The van der Waals surface area contributed by atoms with Crippen molar-refractivity contribution in [3.63, 3.8) is 0 Å². The van der Waals surface area contributed by atoms with E-state index in [0.717, 1.165) is 22.5 Å². The molecule has 2 N–H and O–H groups in total. The van der Waals surface area contributed by atoms with Crippen LogP contribution in [0.15, 0.2) is 42.5 Å². The van der Waals surface area contributed by atoms with Crippen molar-refractivity contribution < 1.29 is 23.5 Å². The second-order valence-corrected chi connectivity index (χ2v) is 7.51. The number of carbonyl (C=O) groups is 3. The number of para-hydroxylation sites is 1. The van der Waals surface area contributed by atoms with Gasteiger partial charge in [0, 0.05) is 15.8 Å². The molecular weight excluding hydrogens is 395 g/mol. The molecule has 0 fully saturated rings. The highest BCUT2D eigenvalue weighted by Crippen LogP contribution is 2.28. The first-order chi connectivity index (χ1) is 13.8. The molecule has 0 atom stereocenters. The summed E-state index contributed by atoms with van der Waals surface area (Å²) in [5.74, 6) is -2.14. The van der Waals surface area contributed by atoms with Crippen LogP contribution in [0.25, 0.3) is 10.1 Å². The molecular formula is C21H19FN2O4S. The zero-order chi connectivity index (χ0) is 21.0. The highest BCUT2D eigenvalue weighted by molar-refractivity contribution is 7.20. The van der Waals surface area contributed by atoms with E-state index in [4.69, 9.17) is 4.74 Å². The first-order valence-corrected chi connectivity index (χ1v) is 9.64. The third-order valence-corrected chi connectivity index (χ3v) is 5.32. The molecule has 0 radical (unpaired) electrons. The van der Waals surface area contributed by atoms with Gasteiger partial charge in [-0.1, -0.05) is 24.3 Å². The van der Waals surface area contributed by atoms with Gasteiger partial charge >= 0.3 is 5.97 Å². The van der Waals surface area contributed by atoms with Gasteiger partial charge in [-0.15, -0.1) is 11.3 Å². The summed E-state index contributed by atoms with van der Waals surface area (Å²) in [5, 5.41) is 5.48. The van der Waals surface area contributed by atoms with Crippen LogP contribution in [0.1, 0.15) is 20.8 Å². The number of benzene rings is 2. The van der Waals surface area contributed by atoms with Gasteiger partial charge in [-0.2, -0.15) is 0 Å². The Labute approximate surface area is 170 Å². The number of rotatable bonds is 6. The lowest BCUT2D eigenvalue weighted by atomic mass is 10.1. The number of halogens is 1. The number of carbonyl (C=O) groups excluding carboxylic acids is 3. The molecule has 0 saturated heterocycles. The zero-order valence-electron chi connectivity index (χ0n) is 15.9. The van der Waals surface area contributed by atoms with Crippen molar-refractivity contribution in [1.29, 1.82) is 0 Å². The SMILES string of the molecule is Cc1cccc(C)c1NC(=O)CNC(=O)COC(=O)c1cc2c(F)cccc2s1. The van der Waals surface area contributed by atoms with E-state index in [1.54, 1.807) is 12.1 Å². The van der Waals surface area contributed by atoms with Gasteiger partial charge in [0.15, 0.2) is 6.61 Å². The quantitative estimate of drug-likeness (QED) is 0.604. The summed E-state index contributed by atoms with van der Waals surface area (Å²) in [6.07, 6.45) is 0. The lowest BCUT2D eigenvalue weighted by Crippen LogP contribution is -2.35. The van der Waals surface area contributed by atoms with Crippen molar-refractivity contribution in [2.75, 3.05) is 18.5 Å². The van der Waals surface area contributed by atoms with Crippen molar-refractivity contribution in [2.24, 2.45) is 0 Å². The number of amides is 2. The van der Waals surface area contributed by atoms with Gasteiger partial charge < -0.3 is 15.4 Å². The summed E-state index contributed by atoms with van der Waals surface area (Å²) in [6, 6.07) is 11.6. The monoisotopic (exact) mass is 414 g/mol. The van der Waals surface area contributed by atoms with Crippen molar-refractivity contribution in [3.8, 4) is 0 Å². The number of nitrogens with one attached hydrogen (secondary N) is 2. The molecule has 1 aromatic heterocycles. The molecule has 0 saturated carbocycles. The van der Waals surface area contributed by atoms with E-state index in [2.05, 4.69) is 10.6 Å². The van der Waals surface area contributed by atoms with E-state index in [1.165, 1.54) is 12.1 Å². The van der Waals surface area contributed by atoms with Crippen LogP contribution in [0, 0.1) is 19.7 Å². The summed E-state index contributed by atoms with van der Waals surface area (Å²) in [5.41, 5.74) is 2.53. The van der Waals surface area contributed by atoms with Crippen molar-refractivity contribution >= 4 is 44.9 Å². The van der Waals surface area contributed by atoms with Gasteiger partial charge in [0.25, 0.3) is 5.91 Å². The Morgan fingerprint density at radius 3 is 2.41 bits per heavy atom. The predicted molar refractivity (Wildman–Crippen MR) is 110 cm³/mol. The summed E-state index contributed by atoms with van der Waals surface area (Å²) in [7, 11) is 0. The maximum Gasteiger partial charge on any atom is 0.348 e. The second kappa shape index (κ2) is 8.83. The Morgan fingerprint density at radius 1 is 1.03 bits per heavy atom. The highest BCUT2D eigenvalue weighted by Gasteiger charge is 2.16. The molecule has 0 unspecified atom stereocenters. The van der Waals surface area contributed by atoms with Crippen LogP contribution in [0.4, 0.5) is 10.1 Å². The number of fused-ring (bicyclic) bond motifs is 1. The fourth-order valence-electron chi connectivity index (χ4n) is 2.75. The molecule has 29 heavy (non-hydrogen) atoms. The van der Waals surface area contributed by atoms with Crippen LogP contribution in [0.3, 0.4) is 0 Å². The summed E-state index contributed by atoms with van der Waals surface area (Å²) < 4.78 is 19.3. The largest absolute Gasteiger partial charge is 0.451 e. The van der Waals surface area contributed by atoms with E-state index in [1.807, 2.05) is 32.0 Å². The van der Waals surface area contributed by atoms with Gasteiger partial charge in [-0.3, -0.25) is 9.59 Å². The number of hydrogen-bond acceptors (Lipinski definition) is 5. The number of aryl methyl sites for hydroxylation is 2. The minimum atomic E-state index is -0.722. The Bertz CT molecular complexity index is 1070. The van der Waals surface area contributed by atoms with Crippen LogP contribution >= 0.6 is 11.3 Å². The summed E-state index contributed by atoms with van der Waals surface area (Å²) in [4.78, 5) is 36.2. The fraction of sp³-hybridized carbons (Fsp3) is 0.190. The minimum absolute atomic E-state index is 0.200. The minimum Gasteiger partial charge on any atom is -0.451 e. The molecule has 0 aliphatic heterocycles. The van der Waals surface area contributed by atoms with Crippen molar-refractivity contribution in [3.05, 3.63) is 64.3 Å². The van der Waals surface area contributed by atoms with Crippen LogP contribution in [0.5, 0.6) is 0 Å². The Balaban J connectivity index is 1.48. The van der Waals surface area contributed by atoms with E-state index in [-0.39, 0.29) is 17.3 Å². The topological polar surface area (TPSA) is 84.5 Å². The number of anilines is 1. The smallest absolute Gasteiger partial charge is 0.348 e. The van der Waals surface area contributed by atoms with Crippen molar-refractivity contribution in [2.45, 2.75) is 13.8 Å². The van der Waals surface area contributed by atoms with E-state index in [0.29, 0.717) is 15.8 Å². The molecule has 150 valence electrons. The van der Waals surface area contributed by atoms with E-state index >= 15 is 0 Å². The molecule has 0 spiro atoms. The third kappa shape index (κ3) is 4.97. The molecule has 3 rings (SSSR count). The van der Waals surface area contributed by atoms with Crippen molar-refractivity contribution in [1.82, 2.24) is 5.32 Å². The first kappa shape index (κ1) is 20.5. The van der Waals surface area contributed by atoms with E-state index in [9.17, 15) is 18.8 Å².